The number of hydrogen-bond donors (Lipinski definition) is 0. The van der Waals surface area contributed by atoms with Crippen molar-refractivity contribution in [2.75, 3.05) is 26.2 Å². The number of likely N-dealkylation sites (tertiary alicyclic amines) is 2. The summed E-state index contributed by atoms with van der Waals surface area (Å²) in [5, 5.41) is 14.1. The van der Waals surface area contributed by atoms with Gasteiger partial charge in [-0.05, 0) is 60.3 Å². The van der Waals surface area contributed by atoms with Gasteiger partial charge < -0.3 is 9.47 Å². The first-order valence-electron chi connectivity index (χ1n) is 17.6. The van der Waals surface area contributed by atoms with Crippen molar-refractivity contribution in [1.82, 2.24) is 20.0 Å². The molecule has 2 aliphatic heterocycles. The maximum absolute atomic E-state index is 6.87. The molecule has 0 spiro atoms. The summed E-state index contributed by atoms with van der Waals surface area (Å²) in [5.74, 6) is 0.995. The third-order valence-corrected chi connectivity index (χ3v) is 10.1. The van der Waals surface area contributed by atoms with Crippen LogP contribution < -0.4 is 9.47 Å². The lowest BCUT2D eigenvalue weighted by Gasteiger charge is -2.40. The van der Waals surface area contributed by atoms with Gasteiger partial charge in [0, 0.05) is 36.3 Å². The maximum atomic E-state index is 6.87. The molecule has 0 aliphatic carbocycles. The van der Waals surface area contributed by atoms with Gasteiger partial charge >= 0.3 is 0 Å². The summed E-state index contributed by atoms with van der Waals surface area (Å²) in [6, 6.07) is 34.3. The van der Waals surface area contributed by atoms with Crippen molar-refractivity contribution in [1.29, 1.82) is 0 Å². The van der Waals surface area contributed by atoms with Crippen molar-refractivity contribution < 1.29 is 9.47 Å². The van der Waals surface area contributed by atoms with E-state index in [2.05, 4.69) is 118 Å². The first kappa shape index (κ1) is 32.0. The van der Waals surface area contributed by atoms with Crippen LogP contribution in [-0.2, 0) is 0 Å². The molecule has 4 atom stereocenters. The number of piperidine rings is 2. The van der Waals surface area contributed by atoms with Crippen LogP contribution in [0.2, 0.25) is 0 Å². The Morgan fingerprint density at radius 2 is 1.02 bits per heavy atom. The topological polar surface area (TPSA) is 50.7 Å². The molecule has 246 valence electrons. The van der Waals surface area contributed by atoms with Crippen molar-refractivity contribution in [3.05, 3.63) is 133 Å². The second-order valence-corrected chi connectivity index (χ2v) is 13.1. The van der Waals surface area contributed by atoms with Gasteiger partial charge in [-0.2, -0.15) is 0 Å². The van der Waals surface area contributed by atoms with Crippen molar-refractivity contribution >= 4 is 21.5 Å². The minimum atomic E-state index is -0.212. The van der Waals surface area contributed by atoms with Gasteiger partial charge in [0.15, 0.2) is 0 Å². The molecule has 2 saturated heterocycles. The number of rotatable bonds is 12. The fourth-order valence-electron chi connectivity index (χ4n) is 7.89. The van der Waals surface area contributed by atoms with E-state index >= 15 is 0 Å². The number of benzene rings is 4. The van der Waals surface area contributed by atoms with Crippen LogP contribution in [0.1, 0.15) is 61.9 Å². The Hall–Kier alpha value is -4.52. The predicted molar refractivity (Wildman–Crippen MR) is 195 cm³/mol. The zero-order chi connectivity index (χ0) is 32.7. The normalized spacial score (nSPS) is 20.2. The number of fused-ring (bicyclic) bond motifs is 2. The highest BCUT2D eigenvalue weighted by Gasteiger charge is 2.35. The third kappa shape index (κ3) is 6.87. The third-order valence-electron chi connectivity index (χ3n) is 10.1. The number of nitrogens with zero attached hydrogens (tertiary/aromatic N) is 4. The molecular formula is C42H46N4O2. The van der Waals surface area contributed by atoms with Crippen LogP contribution in [0.15, 0.2) is 122 Å². The SMILES string of the molecule is C=CCN1CCCCC1[C@H](Oc1ccc(OC(c2cccc3ccccc23)[C@@H]2CCCCN2CC=C)nn1)c1cccc2ccccc12. The van der Waals surface area contributed by atoms with E-state index in [0.29, 0.717) is 11.8 Å². The predicted octanol–water partition coefficient (Wildman–Crippen LogP) is 9.10. The average molecular weight is 639 g/mol. The molecule has 5 aromatic rings. The highest BCUT2D eigenvalue weighted by atomic mass is 16.5. The number of aromatic nitrogens is 2. The van der Waals surface area contributed by atoms with E-state index in [1.54, 1.807) is 0 Å². The Balaban J connectivity index is 1.21. The number of ether oxygens (including phenoxy) is 2. The van der Waals surface area contributed by atoms with Gasteiger partial charge in [-0.3, -0.25) is 9.80 Å². The molecule has 6 nitrogen and oxygen atoms in total. The smallest absolute Gasteiger partial charge is 0.234 e. The summed E-state index contributed by atoms with van der Waals surface area (Å²) in [4.78, 5) is 5.00. The standard InChI is InChI=1S/C42H46N4O2/c1-3-27-45-29-11-9-23-37(45)41(35-21-13-17-31-15-5-7-19-33(31)35)47-39-25-26-40(44-43-39)48-42(38-24-10-12-30-46(38)28-4-2)36-22-14-18-32-16-6-8-20-34(32)36/h3-8,13-22,25-26,37-38,41-42H,1-2,9-12,23-24,27-30H2/t37-,38?,41?,42+/m0/s1. The highest BCUT2D eigenvalue weighted by Crippen LogP contribution is 2.38. The van der Waals surface area contributed by atoms with Crippen LogP contribution in [0, 0.1) is 0 Å². The summed E-state index contributed by atoms with van der Waals surface area (Å²) in [6.45, 7) is 11.8. The summed E-state index contributed by atoms with van der Waals surface area (Å²) >= 11 is 0. The van der Waals surface area contributed by atoms with Gasteiger partial charge in [0.1, 0.15) is 12.2 Å². The molecular weight excluding hydrogens is 592 g/mol. The van der Waals surface area contributed by atoms with Crippen LogP contribution in [0.25, 0.3) is 21.5 Å². The van der Waals surface area contributed by atoms with Crippen LogP contribution >= 0.6 is 0 Å². The van der Waals surface area contributed by atoms with Gasteiger partial charge in [0.2, 0.25) is 11.8 Å². The van der Waals surface area contributed by atoms with Crippen LogP contribution in [0.5, 0.6) is 11.8 Å². The van der Waals surface area contributed by atoms with Crippen LogP contribution in [0.3, 0.4) is 0 Å². The Morgan fingerprint density at radius 1 is 0.583 bits per heavy atom. The molecule has 6 heteroatoms. The molecule has 1 aromatic heterocycles. The van der Waals surface area contributed by atoms with Gasteiger partial charge in [-0.25, -0.2) is 0 Å². The molecule has 4 aromatic carbocycles. The molecule has 2 unspecified atom stereocenters. The molecule has 48 heavy (non-hydrogen) atoms. The second kappa shape index (κ2) is 15.1. The van der Waals surface area contributed by atoms with Gasteiger partial charge in [-0.15, -0.1) is 23.4 Å². The Bertz CT molecular complexity index is 1690. The maximum Gasteiger partial charge on any atom is 0.234 e. The van der Waals surface area contributed by atoms with E-state index < -0.39 is 0 Å². The van der Waals surface area contributed by atoms with Crippen molar-refractivity contribution in [3.8, 4) is 11.8 Å². The van der Waals surface area contributed by atoms with Crippen LogP contribution in [-0.4, -0.2) is 58.3 Å². The minimum Gasteiger partial charge on any atom is -0.467 e. The van der Waals surface area contributed by atoms with Gasteiger partial charge in [0.25, 0.3) is 0 Å². The molecule has 2 aliphatic rings. The fraction of sp³-hybridized carbons (Fsp3) is 0.333. The average Bonchev–Trinajstić information content (AvgIpc) is 3.14. The lowest BCUT2D eigenvalue weighted by Crippen LogP contribution is -2.45. The molecule has 2 fully saturated rings. The van der Waals surface area contributed by atoms with E-state index in [0.717, 1.165) is 39.0 Å². The lowest BCUT2D eigenvalue weighted by atomic mass is 9.90. The zero-order valence-corrected chi connectivity index (χ0v) is 27.8. The molecule has 0 amide bonds. The Kier molecular flexibility index (Phi) is 10.1. The minimum absolute atomic E-state index is 0.193. The van der Waals surface area contributed by atoms with Crippen molar-refractivity contribution in [3.63, 3.8) is 0 Å². The Morgan fingerprint density at radius 3 is 1.46 bits per heavy atom. The molecule has 0 N–H and O–H groups in total. The molecule has 0 bridgehead atoms. The molecule has 0 radical (unpaired) electrons. The molecule has 3 heterocycles. The van der Waals surface area contributed by atoms with E-state index in [-0.39, 0.29) is 24.3 Å². The van der Waals surface area contributed by atoms with E-state index in [9.17, 15) is 0 Å². The second-order valence-electron chi connectivity index (χ2n) is 13.1. The fourth-order valence-corrected chi connectivity index (χ4v) is 7.89. The van der Waals surface area contributed by atoms with Crippen LogP contribution in [0.4, 0.5) is 0 Å². The summed E-state index contributed by atoms with van der Waals surface area (Å²) < 4.78 is 13.7. The summed E-state index contributed by atoms with van der Waals surface area (Å²) in [7, 11) is 0. The highest BCUT2D eigenvalue weighted by molar-refractivity contribution is 5.87. The van der Waals surface area contributed by atoms with E-state index in [1.807, 2.05) is 24.3 Å². The van der Waals surface area contributed by atoms with E-state index in [4.69, 9.17) is 9.47 Å². The first-order chi connectivity index (χ1) is 23.7. The lowest BCUT2D eigenvalue weighted by molar-refractivity contribution is 0.0407. The quantitative estimate of drug-likeness (QED) is 0.127. The first-order valence-corrected chi connectivity index (χ1v) is 17.6. The van der Waals surface area contributed by atoms with E-state index in [1.165, 1.54) is 58.4 Å². The summed E-state index contributed by atoms with van der Waals surface area (Å²) in [6.07, 6.45) is 10.4. The van der Waals surface area contributed by atoms with Gasteiger partial charge in [-0.1, -0.05) is 110 Å². The zero-order valence-electron chi connectivity index (χ0n) is 27.8. The summed E-state index contributed by atoms with van der Waals surface area (Å²) in [5.41, 5.74) is 2.35. The Labute approximate surface area is 284 Å². The molecule has 7 rings (SSSR count). The van der Waals surface area contributed by atoms with Crippen molar-refractivity contribution in [2.45, 2.75) is 62.8 Å². The molecule has 0 saturated carbocycles. The van der Waals surface area contributed by atoms with Gasteiger partial charge in [0.05, 0.1) is 12.1 Å². The largest absolute Gasteiger partial charge is 0.467 e. The van der Waals surface area contributed by atoms with Crippen molar-refractivity contribution in [2.24, 2.45) is 0 Å². The monoisotopic (exact) mass is 638 g/mol. The number of hydrogen-bond acceptors (Lipinski definition) is 6.